The maximum atomic E-state index is 13.1. The van der Waals surface area contributed by atoms with E-state index < -0.39 is 11.9 Å². The number of dihydropyridines is 1. The zero-order valence-electron chi connectivity index (χ0n) is 17.0. The number of ether oxygens (including phenoxy) is 3. The topological polar surface area (TPSA) is 73.9 Å². The summed E-state index contributed by atoms with van der Waals surface area (Å²) >= 11 is 0. The predicted molar refractivity (Wildman–Crippen MR) is 107 cm³/mol. The second-order valence-corrected chi connectivity index (χ2v) is 7.78. The molecule has 154 valence electrons. The molecule has 0 radical (unpaired) electrons. The normalized spacial score (nSPS) is 24.3. The van der Waals surface area contributed by atoms with Crippen molar-refractivity contribution in [3.8, 4) is 5.75 Å². The third kappa shape index (κ3) is 3.94. The van der Waals surface area contributed by atoms with Gasteiger partial charge in [0.25, 0.3) is 0 Å². The summed E-state index contributed by atoms with van der Waals surface area (Å²) in [5, 5.41) is 3.31. The van der Waals surface area contributed by atoms with E-state index in [1.807, 2.05) is 31.2 Å². The summed E-state index contributed by atoms with van der Waals surface area (Å²) < 4.78 is 16.6. The molecule has 0 amide bonds. The van der Waals surface area contributed by atoms with Gasteiger partial charge in [-0.1, -0.05) is 12.1 Å². The number of hydrogen-bond acceptors (Lipinski definition) is 6. The van der Waals surface area contributed by atoms with E-state index in [2.05, 4.69) is 5.32 Å². The number of methoxy groups -OCH3 is 1. The first-order valence-corrected chi connectivity index (χ1v) is 10.2. The summed E-state index contributed by atoms with van der Waals surface area (Å²) in [6.07, 6.45) is 3.97. The van der Waals surface area contributed by atoms with Crippen molar-refractivity contribution < 1.29 is 23.8 Å². The predicted octanol–water partition coefficient (Wildman–Crippen LogP) is 3.39. The highest BCUT2D eigenvalue weighted by Crippen LogP contribution is 2.43. The second-order valence-electron chi connectivity index (χ2n) is 7.78. The summed E-state index contributed by atoms with van der Waals surface area (Å²) in [4.78, 5) is 26.0. The molecule has 6 nitrogen and oxygen atoms in total. The van der Waals surface area contributed by atoms with Gasteiger partial charge in [0, 0.05) is 35.9 Å². The third-order valence-electron chi connectivity index (χ3n) is 5.85. The van der Waals surface area contributed by atoms with Gasteiger partial charge in [-0.05, 0) is 50.3 Å². The molecular formula is C23H27NO5. The summed E-state index contributed by atoms with van der Waals surface area (Å²) in [5.41, 5.74) is 3.69. The Labute approximate surface area is 170 Å². The van der Waals surface area contributed by atoms with E-state index in [4.69, 9.17) is 14.2 Å². The van der Waals surface area contributed by atoms with Crippen LogP contribution in [-0.2, 0) is 19.1 Å². The minimum Gasteiger partial charge on any atom is -0.497 e. The average Bonchev–Trinajstić information content (AvgIpc) is 3.25. The third-order valence-corrected chi connectivity index (χ3v) is 5.85. The fourth-order valence-corrected chi connectivity index (χ4v) is 4.43. The van der Waals surface area contributed by atoms with Crippen molar-refractivity contribution in [2.75, 3.05) is 20.3 Å². The van der Waals surface area contributed by atoms with Gasteiger partial charge >= 0.3 is 5.97 Å². The van der Waals surface area contributed by atoms with E-state index in [0.717, 1.165) is 42.6 Å². The quantitative estimate of drug-likeness (QED) is 0.768. The van der Waals surface area contributed by atoms with Gasteiger partial charge in [0.15, 0.2) is 5.78 Å². The number of nitrogens with one attached hydrogen (secondary N) is 1. The Balaban J connectivity index is 1.70. The van der Waals surface area contributed by atoms with Crippen LogP contribution in [0.5, 0.6) is 5.75 Å². The van der Waals surface area contributed by atoms with Gasteiger partial charge in [-0.25, -0.2) is 4.79 Å². The van der Waals surface area contributed by atoms with E-state index in [9.17, 15) is 9.59 Å². The zero-order valence-corrected chi connectivity index (χ0v) is 17.0. The average molecular weight is 397 g/mol. The van der Waals surface area contributed by atoms with Crippen LogP contribution >= 0.6 is 0 Å². The van der Waals surface area contributed by atoms with Crippen LogP contribution in [0.3, 0.4) is 0 Å². The van der Waals surface area contributed by atoms with Crippen molar-refractivity contribution in [3.05, 3.63) is 52.4 Å². The lowest BCUT2D eigenvalue weighted by Gasteiger charge is -2.34. The number of hydrogen-bond donors (Lipinski definition) is 1. The van der Waals surface area contributed by atoms with Crippen LogP contribution in [0.4, 0.5) is 0 Å². The molecule has 1 N–H and O–H groups in total. The highest BCUT2D eigenvalue weighted by Gasteiger charge is 2.39. The lowest BCUT2D eigenvalue weighted by atomic mass is 9.75. The van der Waals surface area contributed by atoms with Gasteiger partial charge < -0.3 is 19.5 Å². The maximum absolute atomic E-state index is 13.1. The fraction of sp³-hybridized carbons (Fsp3) is 0.478. The van der Waals surface area contributed by atoms with Crippen LogP contribution in [0, 0.1) is 0 Å². The number of carbonyl (C=O) groups is 2. The van der Waals surface area contributed by atoms with E-state index in [-0.39, 0.29) is 18.5 Å². The molecular weight excluding hydrogens is 370 g/mol. The summed E-state index contributed by atoms with van der Waals surface area (Å²) in [5.74, 6) is -0.0750. The monoisotopic (exact) mass is 397 g/mol. The summed E-state index contributed by atoms with van der Waals surface area (Å²) in [6.45, 7) is 2.82. The van der Waals surface area contributed by atoms with Gasteiger partial charge in [-0.15, -0.1) is 0 Å². The highest BCUT2D eigenvalue weighted by molar-refractivity contribution is 6.03. The van der Waals surface area contributed by atoms with E-state index in [1.165, 1.54) is 0 Å². The van der Waals surface area contributed by atoms with Crippen LogP contribution in [0.15, 0.2) is 46.8 Å². The molecule has 2 atom stereocenters. The van der Waals surface area contributed by atoms with Gasteiger partial charge in [-0.2, -0.15) is 0 Å². The number of esters is 1. The number of ketones is 1. The highest BCUT2D eigenvalue weighted by atomic mass is 16.6. The summed E-state index contributed by atoms with van der Waals surface area (Å²) in [6, 6.07) is 7.57. The second kappa shape index (κ2) is 8.41. The molecule has 0 saturated carbocycles. The fourth-order valence-electron chi connectivity index (χ4n) is 4.43. The van der Waals surface area contributed by atoms with Crippen LogP contribution in [0.1, 0.15) is 50.5 Å². The Morgan fingerprint density at radius 3 is 2.90 bits per heavy atom. The number of rotatable bonds is 5. The lowest BCUT2D eigenvalue weighted by Crippen LogP contribution is -2.35. The minimum atomic E-state index is -0.453. The van der Waals surface area contributed by atoms with Crippen molar-refractivity contribution >= 4 is 11.8 Å². The van der Waals surface area contributed by atoms with Gasteiger partial charge in [0.2, 0.25) is 0 Å². The van der Waals surface area contributed by atoms with E-state index in [1.54, 1.807) is 7.11 Å². The smallest absolute Gasteiger partial charge is 0.336 e. The molecule has 1 fully saturated rings. The largest absolute Gasteiger partial charge is 0.497 e. The Hall–Kier alpha value is -2.60. The van der Waals surface area contributed by atoms with Crippen molar-refractivity contribution in [1.82, 2.24) is 5.32 Å². The van der Waals surface area contributed by atoms with Crippen molar-refractivity contribution in [3.63, 3.8) is 0 Å². The van der Waals surface area contributed by atoms with Gasteiger partial charge in [-0.3, -0.25) is 4.79 Å². The Kier molecular flexibility index (Phi) is 5.72. The molecule has 2 aliphatic heterocycles. The first-order valence-electron chi connectivity index (χ1n) is 10.2. The van der Waals surface area contributed by atoms with Crippen LogP contribution < -0.4 is 10.1 Å². The molecule has 1 saturated heterocycles. The SMILES string of the molecule is COc1cccc([C@H]2C(C(=O)OC[C@H]3CCCO3)=C(C)NC3=C2C(=O)CCC3)c1. The zero-order chi connectivity index (χ0) is 20.4. The molecule has 1 aliphatic carbocycles. The van der Waals surface area contributed by atoms with Crippen LogP contribution in [0.25, 0.3) is 0 Å². The molecule has 1 aromatic carbocycles. The van der Waals surface area contributed by atoms with Gasteiger partial charge in [0.1, 0.15) is 12.4 Å². The van der Waals surface area contributed by atoms with Crippen LogP contribution in [0.2, 0.25) is 0 Å². The van der Waals surface area contributed by atoms with Crippen molar-refractivity contribution in [1.29, 1.82) is 0 Å². The van der Waals surface area contributed by atoms with E-state index in [0.29, 0.717) is 29.9 Å². The molecule has 1 aromatic rings. The molecule has 0 unspecified atom stereocenters. The number of Topliss-reactive ketones (excluding diaryl/α,β-unsaturated/α-hetero) is 1. The maximum Gasteiger partial charge on any atom is 0.336 e. The van der Waals surface area contributed by atoms with Crippen molar-refractivity contribution in [2.45, 2.75) is 51.0 Å². The van der Waals surface area contributed by atoms with E-state index >= 15 is 0 Å². The summed E-state index contributed by atoms with van der Waals surface area (Å²) in [7, 11) is 1.61. The Bertz CT molecular complexity index is 879. The standard InChI is InChI=1S/C23H27NO5/c1-14-20(23(26)29-13-17-8-5-11-28-17)21(15-6-3-7-16(12-15)27-2)22-18(24-14)9-4-10-19(22)25/h3,6-7,12,17,21,24H,4-5,8-11,13H2,1-2H3/t17-,21+/m1/s1. The Morgan fingerprint density at radius 1 is 1.28 bits per heavy atom. The lowest BCUT2D eigenvalue weighted by molar-refractivity contribution is -0.142. The molecule has 2 heterocycles. The van der Waals surface area contributed by atoms with Crippen molar-refractivity contribution in [2.24, 2.45) is 0 Å². The molecule has 0 spiro atoms. The molecule has 6 heteroatoms. The number of carbonyl (C=O) groups excluding carboxylic acids is 2. The molecule has 29 heavy (non-hydrogen) atoms. The number of benzene rings is 1. The molecule has 3 aliphatic rings. The first-order chi connectivity index (χ1) is 14.1. The molecule has 0 aromatic heterocycles. The minimum absolute atomic E-state index is 0.0437. The molecule has 0 bridgehead atoms. The molecule has 4 rings (SSSR count). The Morgan fingerprint density at radius 2 is 2.14 bits per heavy atom. The number of allylic oxidation sites excluding steroid dienone is 3. The van der Waals surface area contributed by atoms with Crippen LogP contribution in [-0.4, -0.2) is 38.2 Å². The first kappa shape index (κ1) is 19.7. The van der Waals surface area contributed by atoms with Gasteiger partial charge in [0.05, 0.1) is 18.8 Å².